The van der Waals surface area contributed by atoms with Gasteiger partial charge in [0.25, 0.3) is 0 Å². The summed E-state index contributed by atoms with van der Waals surface area (Å²) in [6, 6.07) is 4.89. The van der Waals surface area contributed by atoms with Gasteiger partial charge in [0.1, 0.15) is 6.07 Å². The molecule has 0 saturated carbocycles. The van der Waals surface area contributed by atoms with Crippen molar-refractivity contribution in [2.45, 2.75) is 0 Å². The molecule has 0 amide bonds. The van der Waals surface area contributed by atoms with E-state index in [0.29, 0.717) is 5.56 Å². The SMILES string of the molecule is N#Cc1ccc(/C=C/C(=O)O)c(Cl)c1Cl. The Hall–Kier alpha value is -1.50. The van der Waals surface area contributed by atoms with Crippen LogP contribution in [0.3, 0.4) is 0 Å². The molecule has 1 aromatic carbocycles. The Bertz CT molecular complexity index is 475. The Kier molecular flexibility index (Phi) is 3.73. The molecule has 0 aliphatic carbocycles. The smallest absolute Gasteiger partial charge is 0.328 e. The van der Waals surface area contributed by atoms with Gasteiger partial charge in [-0.2, -0.15) is 5.26 Å². The van der Waals surface area contributed by atoms with E-state index < -0.39 is 5.97 Å². The minimum Gasteiger partial charge on any atom is -0.478 e. The van der Waals surface area contributed by atoms with Crippen LogP contribution in [0.1, 0.15) is 11.1 Å². The molecule has 0 heterocycles. The highest BCUT2D eigenvalue weighted by molar-refractivity contribution is 6.43. The molecule has 0 aliphatic rings. The van der Waals surface area contributed by atoms with Crippen molar-refractivity contribution >= 4 is 35.2 Å². The Morgan fingerprint density at radius 2 is 2.07 bits per heavy atom. The lowest BCUT2D eigenvalue weighted by Crippen LogP contribution is -1.87. The van der Waals surface area contributed by atoms with Crippen molar-refractivity contribution in [1.29, 1.82) is 5.26 Å². The van der Waals surface area contributed by atoms with E-state index >= 15 is 0 Å². The number of carboxylic acids is 1. The van der Waals surface area contributed by atoms with E-state index in [2.05, 4.69) is 0 Å². The maximum Gasteiger partial charge on any atom is 0.328 e. The molecular formula is C10H5Cl2NO2. The molecule has 0 saturated heterocycles. The number of carbonyl (C=O) groups is 1. The van der Waals surface area contributed by atoms with E-state index in [1.54, 1.807) is 0 Å². The van der Waals surface area contributed by atoms with E-state index in [1.165, 1.54) is 18.2 Å². The van der Waals surface area contributed by atoms with Crippen molar-refractivity contribution in [3.8, 4) is 6.07 Å². The third-order valence-corrected chi connectivity index (χ3v) is 2.53. The first-order valence-electron chi connectivity index (χ1n) is 3.85. The van der Waals surface area contributed by atoms with Gasteiger partial charge < -0.3 is 5.11 Å². The van der Waals surface area contributed by atoms with Crippen LogP contribution in [-0.4, -0.2) is 11.1 Å². The van der Waals surface area contributed by atoms with E-state index in [-0.39, 0.29) is 15.6 Å². The van der Waals surface area contributed by atoms with Gasteiger partial charge in [0.15, 0.2) is 0 Å². The Labute approximate surface area is 96.2 Å². The summed E-state index contributed by atoms with van der Waals surface area (Å²) < 4.78 is 0. The lowest BCUT2D eigenvalue weighted by molar-refractivity contribution is -0.131. The summed E-state index contributed by atoms with van der Waals surface area (Å²) in [5.41, 5.74) is 0.720. The average Bonchev–Trinajstić information content (AvgIpc) is 2.20. The summed E-state index contributed by atoms with van der Waals surface area (Å²) in [5, 5.41) is 17.4. The van der Waals surface area contributed by atoms with Crippen LogP contribution in [0.4, 0.5) is 0 Å². The first-order valence-corrected chi connectivity index (χ1v) is 4.61. The van der Waals surface area contributed by atoms with E-state index in [0.717, 1.165) is 6.08 Å². The molecule has 0 fully saturated rings. The predicted octanol–water partition coefficient (Wildman–Crippen LogP) is 2.96. The molecule has 15 heavy (non-hydrogen) atoms. The fourth-order valence-corrected chi connectivity index (χ4v) is 1.38. The highest BCUT2D eigenvalue weighted by Gasteiger charge is 2.07. The maximum atomic E-state index is 10.3. The third-order valence-electron chi connectivity index (χ3n) is 1.64. The van der Waals surface area contributed by atoms with Gasteiger partial charge in [0.05, 0.1) is 15.6 Å². The highest BCUT2D eigenvalue weighted by atomic mass is 35.5. The van der Waals surface area contributed by atoms with Crippen LogP contribution in [0.25, 0.3) is 6.08 Å². The molecule has 1 rings (SSSR count). The highest BCUT2D eigenvalue weighted by Crippen LogP contribution is 2.29. The molecule has 0 atom stereocenters. The minimum atomic E-state index is -1.08. The number of aliphatic carboxylic acids is 1. The summed E-state index contributed by atoms with van der Waals surface area (Å²) in [6.07, 6.45) is 2.27. The van der Waals surface area contributed by atoms with Crippen molar-refractivity contribution < 1.29 is 9.90 Å². The molecule has 5 heteroatoms. The fourth-order valence-electron chi connectivity index (χ4n) is 0.941. The number of hydrogen-bond acceptors (Lipinski definition) is 2. The molecule has 0 aliphatic heterocycles. The molecule has 1 aromatic rings. The standard InChI is InChI=1S/C10H5Cl2NO2/c11-9-6(3-4-8(14)15)1-2-7(5-13)10(9)12/h1-4H,(H,14,15)/b4-3+. The Morgan fingerprint density at radius 1 is 1.40 bits per heavy atom. The summed E-state index contributed by atoms with van der Waals surface area (Å²) in [4.78, 5) is 10.3. The molecule has 0 unspecified atom stereocenters. The number of nitriles is 1. The molecular weight excluding hydrogens is 237 g/mol. The van der Waals surface area contributed by atoms with Gasteiger partial charge >= 0.3 is 5.97 Å². The second-order valence-electron chi connectivity index (χ2n) is 2.61. The van der Waals surface area contributed by atoms with Crippen LogP contribution >= 0.6 is 23.2 Å². The number of rotatable bonds is 2. The number of hydrogen-bond donors (Lipinski definition) is 1. The first kappa shape index (κ1) is 11.6. The van der Waals surface area contributed by atoms with Gasteiger partial charge in [-0.15, -0.1) is 0 Å². The second-order valence-corrected chi connectivity index (χ2v) is 3.37. The molecule has 0 radical (unpaired) electrons. The second kappa shape index (κ2) is 4.83. The van der Waals surface area contributed by atoms with Crippen LogP contribution in [0.15, 0.2) is 18.2 Å². The predicted molar refractivity (Wildman–Crippen MR) is 57.8 cm³/mol. The van der Waals surface area contributed by atoms with Crippen molar-refractivity contribution in [3.05, 3.63) is 39.4 Å². The van der Waals surface area contributed by atoms with Gasteiger partial charge in [-0.25, -0.2) is 4.79 Å². The van der Waals surface area contributed by atoms with E-state index in [1.807, 2.05) is 6.07 Å². The fraction of sp³-hybridized carbons (Fsp3) is 0. The first-order chi connectivity index (χ1) is 7.06. The number of nitrogens with zero attached hydrogens (tertiary/aromatic N) is 1. The van der Waals surface area contributed by atoms with Crippen molar-refractivity contribution in [1.82, 2.24) is 0 Å². The normalized spacial score (nSPS) is 10.2. The van der Waals surface area contributed by atoms with Crippen LogP contribution < -0.4 is 0 Å². The Morgan fingerprint density at radius 3 is 2.60 bits per heavy atom. The summed E-state index contributed by atoms with van der Waals surface area (Å²) in [6.45, 7) is 0. The van der Waals surface area contributed by atoms with Gasteiger partial charge in [-0.05, 0) is 17.7 Å². The van der Waals surface area contributed by atoms with Gasteiger partial charge in [0, 0.05) is 6.08 Å². The van der Waals surface area contributed by atoms with E-state index in [9.17, 15) is 4.79 Å². The van der Waals surface area contributed by atoms with Gasteiger partial charge in [-0.3, -0.25) is 0 Å². The van der Waals surface area contributed by atoms with Crippen LogP contribution in [0.5, 0.6) is 0 Å². The molecule has 1 N–H and O–H groups in total. The summed E-state index contributed by atoms with van der Waals surface area (Å²) in [7, 11) is 0. The number of benzene rings is 1. The zero-order valence-electron chi connectivity index (χ0n) is 7.37. The molecule has 0 aromatic heterocycles. The van der Waals surface area contributed by atoms with E-state index in [4.69, 9.17) is 33.6 Å². The average molecular weight is 242 g/mol. The van der Waals surface area contributed by atoms with Gasteiger partial charge in [-0.1, -0.05) is 29.3 Å². The van der Waals surface area contributed by atoms with Crippen molar-refractivity contribution in [2.75, 3.05) is 0 Å². The van der Waals surface area contributed by atoms with Gasteiger partial charge in [0.2, 0.25) is 0 Å². The van der Waals surface area contributed by atoms with Crippen LogP contribution in [0.2, 0.25) is 10.0 Å². The largest absolute Gasteiger partial charge is 0.478 e. The number of carboxylic acid groups (broad SMARTS) is 1. The molecule has 0 spiro atoms. The molecule has 3 nitrogen and oxygen atoms in total. The van der Waals surface area contributed by atoms with Crippen LogP contribution in [0, 0.1) is 11.3 Å². The lowest BCUT2D eigenvalue weighted by atomic mass is 10.1. The van der Waals surface area contributed by atoms with Crippen molar-refractivity contribution in [2.24, 2.45) is 0 Å². The minimum absolute atomic E-state index is 0.131. The maximum absolute atomic E-state index is 10.3. The Balaban J connectivity index is 3.19. The zero-order valence-corrected chi connectivity index (χ0v) is 8.88. The number of halogens is 2. The topological polar surface area (TPSA) is 61.1 Å². The summed E-state index contributed by atoms with van der Waals surface area (Å²) >= 11 is 11.6. The molecule has 0 bridgehead atoms. The van der Waals surface area contributed by atoms with Crippen LogP contribution in [-0.2, 0) is 4.79 Å². The quantitative estimate of drug-likeness (QED) is 0.811. The zero-order chi connectivity index (χ0) is 11.4. The molecule has 76 valence electrons. The van der Waals surface area contributed by atoms with Crippen molar-refractivity contribution in [3.63, 3.8) is 0 Å². The third kappa shape index (κ3) is 2.72. The monoisotopic (exact) mass is 241 g/mol. The summed E-state index contributed by atoms with van der Waals surface area (Å²) in [5.74, 6) is -1.08. The lowest BCUT2D eigenvalue weighted by Gasteiger charge is -2.01.